The molecule has 5 nitrogen and oxygen atoms in total. The summed E-state index contributed by atoms with van der Waals surface area (Å²) in [4.78, 5) is 12.3. The maximum atomic E-state index is 5.97. The number of H-pyrrole nitrogens is 1. The van der Waals surface area contributed by atoms with Gasteiger partial charge in [-0.1, -0.05) is 31.4 Å². The highest BCUT2D eigenvalue weighted by Crippen LogP contribution is 2.17. The van der Waals surface area contributed by atoms with E-state index in [1.807, 2.05) is 12.1 Å². The number of nitrogens with zero attached hydrogens (tertiary/aromatic N) is 2. The van der Waals surface area contributed by atoms with Crippen LogP contribution in [-0.4, -0.2) is 22.0 Å². The monoisotopic (exact) mass is 285 g/mol. The van der Waals surface area contributed by atoms with Crippen LogP contribution in [0.3, 0.4) is 0 Å². The summed E-state index contributed by atoms with van der Waals surface area (Å²) in [6.45, 7) is 2.55. The van der Waals surface area contributed by atoms with Gasteiger partial charge in [0, 0.05) is 6.04 Å². The third-order valence-electron chi connectivity index (χ3n) is 4.12. The standard InChI is InChI=1S/C16H23N5/c1-11-6-5-9-13-15(11)21-14(20-13)10-18-16(17)19-12-7-3-2-4-8-12/h5-6,9,12H,2-4,7-8,10H2,1H3,(H,20,21)(H3,17,18,19). The van der Waals surface area contributed by atoms with E-state index in [0.29, 0.717) is 18.5 Å². The van der Waals surface area contributed by atoms with Crippen LogP contribution in [0.2, 0.25) is 0 Å². The third-order valence-corrected chi connectivity index (χ3v) is 4.12. The molecular formula is C16H23N5. The first-order chi connectivity index (χ1) is 10.2. The predicted octanol–water partition coefficient (Wildman–Crippen LogP) is 2.61. The Hall–Kier alpha value is -2.04. The Morgan fingerprint density at radius 3 is 2.95 bits per heavy atom. The first-order valence-electron chi connectivity index (χ1n) is 7.73. The van der Waals surface area contributed by atoms with Crippen molar-refractivity contribution in [3.05, 3.63) is 29.6 Å². The van der Waals surface area contributed by atoms with E-state index >= 15 is 0 Å². The lowest BCUT2D eigenvalue weighted by Gasteiger charge is -2.23. The van der Waals surface area contributed by atoms with Crippen molar-refractivity contribution in [1.82, 2.24) is 15.3 Å². The van der Waals surface area contributed by atoms with Crippen molar-refractivity contribution in [3.8, 4) is 0 Å². The van der Waals surface area contributed by atoms with Crippen molar-refractivity contribution < 1.29 is 0 Å². The Morgan fingerprint density at radius 2 is 2.19 bits per heavy atom. The molecule has 0 unspecified atom stereocenters. The summed E-state index contributed by atoms with van der Waals surface area (Å²) in [5, 5.41) is 3.32. The lowest BCUT2D eigenvalue weighted by Crippen LogP contribution is -2.41. The number of para-hydroxylation sites is 1. The number of benzene rings is 1. The number of hydrogen-bond acceptors (Lipinski definition) is 2. The molecule has 1 aromatic carbocycles. The second-order valence-corrected chi connectivity index (χ2v) is 5.84. The Morgan fingerprint density at radius 1 is 1.38 bits per heavy atom. The number of nitrogens with one attached hydrogen (secondary N) is 2. The van der Waals surface area contributed by atoms with Crippen LogP contribution in [-0.2, 0) is 6.54 Å². The minimum atomic E-state index is 0.486. The van der Waals surface area contributed by atoms with E-state index in [1.54, 1.807) is 0 Å². The van der Waals surface area contributed by atoms with E-state index in [1.165, 1.54) is 37.7 Å². The van der Waals surface area contributed by atoms with Crippen molar-refractivity contribution in [2.75, 3.05) is 0 Å². The molecule has 1 aliphatic rings. The zero-order valence-electron chi connectivity index (χ0n) is 12.5. The zero-order valence-corrected chi connectivity index (χ0v) is 12.5. The van der Waals surface area contributed by atoms with E-state index in [9.17, 15) is 0 Å². The lowest BCUT2D eigenvalue weighted by atomic mass is 9.96. The number of guanidine groups is 1. The largest absolute Gasteiger partial charge is 0.370 e. The number of imidazole rings is 1. The summed E-state index contributed by atoms with van der Waals surface area (Å²) >= 11 is 0. The molecule has 0 amide bonds. The molecule has 0 radical (unpaired) electrons. The van der Waals surface area contributed by atoms with Crippen LogP contribution in [0.15, 0.2) is 23.2 Å². The number of aryl methyl sites for hydroxylation is 1. The van der Waals surface area contributed by atoms with Crippen molar-refractivity contribution in [2.24, 2.45) is 10.7 Å². The van der Waals surface area contributed by atoms with Gasteiger partial charge in [0.1, 0.15) is 12.4 Å². The van der Waals surface area contributed by atoms with Gasteiger partial charge in [0.05, 0.1) is 11.0 Å². The number of aromatic amines is 1. The maximum absolute atomic E-state index is 5.97. The van der Waals surface area contributed by atoms with Gasteiger partial charge in [-0.15, -0.1) is 0 Å². The average Bonchev–Trinajstić information content (AvgIpc) is 2.91. The van der Waals surface area contributed by atoms with Crippen LogP contribution in [0.1, 0.15) is 43.5 Å². The van der Waals surface area contributed by atoms with E-state index in [2.05, 4.69) is 33.3 Å². The quantitative estimate of drug-likeness (QED) is 0.599. The summed E-state index contributed by atoms with van der Waals surface area (Å²) in [7, 11) is 0. The maximum Gasteiger partial charge on any atom is 0.189 e. The lowest BCUT2D eigenvalue weighted by molar-refractivity contribution is 0.412. The molecule has 1 aliphatic carbocycles. The first-order valence-corrected chi connectivity index (χ1v) is 7.73. The Kier molecular flexibility index (Phi) is 4.08. The highest BCUT2D eigenvalue weighted by Gasteiger charge is 2.13. The van der Waals surface area contributed by atoms with Gasteiger partial charge in [-0.25, -0.2) is 9.98 Å². The second kappa shape index (κ2) is 6.16. The molecule has 21 heavy (non-hydrogen) atoms. The summed E-state index contributed by atoms with van der Waals surface area (Å²) in [6.07, 6.45) is 6.30. The summed E-state index contributed by atoms with van der Waals surface area (Å²) in [5.41, 5.74) is 9.22. The smallest absolute Gasteiger partial charge is 0.189 e. The van der Waals surface area contributed by atoms with Gasteiger partial charge >= 0.3 is 0 Å². The van der Waals surface area contributed by atoms with Gasteiger partial charge in [-0.05, 0) is 31.4 Å². The number of nitrogens with two attached hydrogens (primary N) is 1. The number of rotatable bonds is 3. The molecule has 112 valence electrons. The molecule has 2 aromatic rings. The van der Waals surface area contributed by atoms with E-state index in [0.717, 1.165) is 16.9 Å². The van der Waals surface area contributed by atoms with E-state index in [-0.39, 0.29) is 0 Å². The van der Waals surface area contributed by atoms with Gasteiger partial charge in [-0.2, -0.15) is 0 Å². The third kappa shape index (κ3) is 3.35. The Balaban J connectivity index is 1.64. The topological polar surface area (TPSA) is 79.1 Å². The molecule has 4 N–H and O–H groups in total. The molecule has 0 saturated heterocycles. The van der Waals surface area contributed by atoms with Crippen molar-refractivity contribution >= 4 is 17.0 Å². The number of aromatic nitrogens is 2. The molecule has 5 heteroatoms. The van der Waals surface area contributed by atoms with Gasteiger partial charge in [0.15, 0.2) is 5.96 Å². The fraction of sp³-hybridized carbons (Fsp3) is 0.500. The molecule has 1 heterocycles. The van der Waals surface area contributed by atoms with Gasteiger partial charge < -0.3 is 16.0 Å². The molecule has 3 rings (SSSR count). The molecule has 0 spiro atoms. The van der Waals surface area contributed by atoms with Crippen molar-refractivity contribution in [2.45, 2.75) is 51.6 Å². The van der Waals surface area contributed by atoms with Gasteiger partial charge in [0.25, 0.3) is 0 Å². The number of hydrogen-bond donors (Lipinski definition) is 3. The van der Waals surface area contributed by atoms with Gasteiger partial charge in [-0.3, -0.25) is 0 Å². The Bertz CT molecular complexity index is 637. The summed E-state index contributed by atoms with van der Waals surface area (Å²) < 4.78 is 0. The van der Waals surface area contributed by atoms with Crippen LogP contribution >= 0.6 is 0 Å². The predicted molar refractivity (Wildman–Crippen MR) is 86.2 cm³/mol. The van der Waals surface area contributed by atoms with Crippen LogP contribution < -0.4 is 11.1 Å². The van der Waals surface area contributed by atoms with E-state index < -0.39 is 0 Å². The molecule has 1 fully saturated rings. The average molecular weight is 285 g/mol. The molecular weight excluding hydrogens is 262 g/mol. The molecule has 0 bridgehead atoms. The molecule has 0 aliphatic heterocycles. The zero-order chi connectivity index (χ0) is 14.7. The summed E-state index contributed by atoms with van der Waals surface area (Å²) in [5.74, 6) is 1.38. The molecule has 1 aromatic heterocycles. The minimum Gasteiger partial charge on any atom is -0.370 e. The fourth-order valence-electron chi connectivity index (χ4n) is 2.96. The van der Waals surface area contributed by atoms with Gasteiger partial charge in [0.2, 0.25) is 0 Å². The number of aliphatic imine (C=N–C) groups is 1. The molecule has 1 saturated carbocycles. The summed E-state index contributed by atoms with van der Waals surface area (Å²) in [6, 6.07) is 6.61. The van der Waals surface area contributed by atoms with Crippen molar-refractivity contribution in [1.29, 1.82) is 0 Å². The number of fused-ring (bicyclic) bond motifs is 1. The minimum absolute atomic E-state index is 0.486. The van der Waals surface area contributed by atoms with Crippen LogP contribution in [0.5, 0.6) is 0 Å². The van der Waals surface area contributed by atoms with Crippen molar-refractivity contribution in [3.63, 3.8) is 0 Å². The van der Waals surface area contributed by atoms with E-state index in [4.69, 9.17) is 5.73 Å². The van der Waals surface area contributed by atoms with Crippen LogP contribution in [0.25, 0.3) is 11.0 Å². The highest BCUT2D eigenvalue weighted by atomic mass is 15.1. The normalized spacial score (nSPS) is 17.3. The highest BCUT2D eigenvalue weighted by molar-refractivity contribution is 5.79. The molecule has 0 atom stereocenters. The Labute approximate surface area is 125 Å². The first kappa shape index (κ1) is 13.9. The van der Waals surface area contributed by atoms with Crippen LogP contribution in [0, 0.1) is 6.92 Å². The second-order valence-electron chi connectivity index (χ2n) is 5.84. The fourth-order valence-corrected chi connectivity index (χ4v) is 2.96. The van der Waals surface area contributed by atoms with Crippen LogP contribution in [0.4, 0.5) is 0 Å². The SMILES string of the molecule is Cc1cccc2[nH]c(CN=C(N)NC3CCCCC3)nc12.